The topological polar surface area (TPSA) is 49.8 Å². The molecule has 2 bridgehead atoms. The molecule has 1 N–H and O–H groups in total. The van der Waals surface area contributed by atoms with Gasteiger partial charge in [-0.05, 0) is 37.3 Å². The Bertz CT molecular complexity index is 723. The number of anilines is 1. The van der Waals surface area contributed by atoms with E-state index in [1.54, 1.807) is 0 Å². The number of ether oxygens (including phenoxy) is 1. The summed E-state index contributed by atoms with van der Waals surface area (Å²) in [4.78, 5) is 11.5. The molecule has 5 nitrogen and oxygen atoms in total. The van der Waals surface area contributed by atoms with Gasteiger partial charge in [0.2, 0.25) is 0 Å². The third-order valence-corrected chi connectivity index (χ3v) is 4.96. The number of aliphatic imine (C=N–C) groups is 1. The highest BCUT2D eigenvalue weighted by Crippen LogP contribution is 2.22. The number of aromatic nitrogens is 1. The monoisotopic (exact) mass is 336 g/mol. The summed E-state index contributed by atoms with van der Waals surface area (Å²) in [6.45, 7) is 3.69. The molecule has 2 aromatic rings. The van der Waals surface area contributed by atoms with Gasteiger partial charge in [0.05, 0.1) is 5.69 Å². The number of nitrogens with one attached hydrogen (secondary N) is 1. The molecule has 0 atom stereocenters. The summed E-state index contributed by atoms with van der Waals surface area (Å²) < 4.78 is 5.94. The SMILES string of the molecule is c1ccc(-c2cc(NC3=NCCC4CCN(CC4)CO3)ccn2)cc1. The van der Waals surface area contributed by atoms with E-state index in [1.807, 2.05) is 36.5 Å². The van der Waals surface area contributed by atoms with Crippen LogP contribution in [0.5, 0.6) is 0 Å². The fourth-order valence-electron chi connectivity index (χ4n) is 3.43. The van der Waals surface area contributed by atoms with E-state index in [-0.39, 0.29) is 0 Å². The maximum Gasteiger partial charge on any atom is 0.290 e. The molecule has 1 aromatic heterocycles. The van der Waals surface area contributed by atoms with Crippen molar-refractivity contribution in [3.8, 4) is 11.3 Å². The predicted molar refractivity (Wildman–Crippen MR) is 100 cm³/mol. The summed E-state index contributed by atoms with van der Waals surface area (Å²) in [6, 6.07) is 14.8. The molecule has 5 rings (SSSR count). The van der Waals surface area contributed by atoms with E-state index in [4.69, 9.17) is 4.74 Å². The van der Waals surface area contributed by atoms with Crippen molar-refractivity contribution in [3.63, 3.8) is 0 Å². The molecule has 0 radical (unpaired) electrons. The van der Waals surface area contributed by atoms with Crippen LogP contribution in [0, 0.1) is 5.92 Å². The number of rotatable bonds is 2. The van der Waals surface area contributed by atoms with Crippen molar-refractivity contribution >= 4 is 11.7 Å². The smallest absolute Gasteiger partial charge is 0.290 e. The molecule has 5 heteroatoms. The summed E-state index contributed by atoms with van der Waals surface area (Å²) in [5.41, 5.74) is 2.99. The van der Waals surface area contributed by atoms with Crippen LogP contribution in [0.15, 0.2) is 53.7 Å². The zero-order chi connectivity index (χ0) is 16.9. The number of fused-ring (bicyclic) bond motifs is 6. The van der Waals surface area contributed by atoms with Gasteiger partial charge in [-0.3, -0.25) is 9.88 Å². The molecule has 0 amide bonds. The van der Waals surface area contributed by atoms with Gasteiger partial charge in [-0.15, -0.1) is 0 Å². The van der Waals surface area contributed by atoms with Crippen LogP contribution in [-0.2, 0) is 4.74 Å². The molecule has 0 unspecified atom stereocenters. The van der Waals surface area contributed by atoms with Crippen LogP contribution >= 0.6 is 0 Å². The number of benzene rings is 1. The molecule has 3 aliphatic rings. The molecule has 0 saturated carbocycles. The second-order valence-corrected chi connectivity index (χ2v) is 6.73. The van der Waals surface area contributed by atoms with Crippen LogP contribution in [0.3, 0.4) is 0 Å². The van der Waals surface area contributed by atoms with Crippen molar-refractivity contribution in [1.82, 2.24) is 9.88 Å². The van der Waals surface area contributed by atoms with Crippen molar-refractivity contribution < 1.29 is 4.74 Å². The zero-order valence-corrected chi connectivity index (χ0v) is 14.4. The molecule has 130 valence electrons. The van der Waals surface area contributed by atoms with Crippen LogP contribution in [0.25, 0.3) is 11.3 Å². The molecule has 0 aliphatic carbocycles. The van der Waals surface area contributed by atoms with E-state index in [0.717, 1.165) is 48.9 Å². The lowest BCUT2D eigenvalue weighted by molar-refractivity contribution is 0.0761. The van der Waals surface area contributed by atoms with Gasteiger partial charge in [0.1, 0.15) is 6.73 Å². The van der Waals surface area contributed by atoms with Crippen LogP contribution in [0.1, 0.15) is 19.3 Å². The molecule has 25 heavy (non-hydrogen) atoms. The molecule has 1 aromatic carbocycles. The number of amidine groups is 1. The standard InChI is InChI=1S/C20H24N4O/c1-2-4-17(5-3-1)19-14-18(7-11-21-19)23-20-22-10-6-16-8-12-24(13-9-16)15-25-20/h1-5,7,11,14,16H,6,8-10,12-13,15H2,(H,21,22,23). The highest BCUT2D eigenvalue weighted by atomic mass is 16.5. The first-order valence-corrected chi connectivity index (χ1v) is 9.05. The average molecular weight is 336 g/mol. The Hall–Kier alpha value is -2.40. The second kappa shape index (κ2) is 7.66. The Morgan fingerprint density at radius 1 is 1.04 bits per heavy atom. The summed E-state index contributed by atoms with van der Waals surface area (Å²) in [6.07, 6.45) is 5.50. The fourth-order valence-corrected chi connectivity index (χ4v) is 3.43. The highest BCUT2D eigenvalue weighted by Gasteiger charge is 2.21. The molecule has 0 spiro atoms. The van der Waals surface area contributed by atoms with Crippen LogP contribution in [-0.4, -0.2) is 42.3 Å². The summed E-state index contributed by atoms with van der Waals surface area (Å²) in [7, 11) is 0. The van der Waals surface area contributed by atoms with Gasteiger partial charge in [0.15, 0.2) is 0 Å². The van der Waals surface area contributed by atoms with Gasteiger partial charge in [0.25, 0.3) is 6.02 Å². The van der Waals surface area contributed by atoms with Gasteiger partial charge in [-0.25, -0.2) is 4.99 Å². The van der Waals surface area contributed by atoms with E-state index in [9.17, 15) is 0 Å². The van der Waals surface area contributed by atoms with E-state index in [1.165, 1.54) is 12.8 Å². The molecule has 1 fully saturated rings. The normalized spacial score (nSPS) is 23.4. The number of piperidine rings is 1. The van der Waals surface area contributed by atoms with Crippen molar-refractivity contribution in [2.75, 3.05) is 31.7 Å². The first kappa shape index (κ1) is 16.1. The summed E-state index contributed by atoms with van der Waals surface area (Å²) in [5, 5.41) is 3.33. The maximum absolute atomic E-state index is 5.94. The molecule has 3 aliphatic heterocycles. The highest BCUT2D eigenvalue weighted by molar-refractivity contribution is 5.89. The van der Waals surface area contributed by atoms with Gasteiger partial charge in [0, 0.05) is 37.1 Å². The minimum atomic E-state index is 0.606. The van der Waals surface area contributed by atoms with E-state index in [0.29, 0.717) is 12.8 Å². The van der Waals surface area contributed by atoms with Crippen LogP contribution in [0.4, 0.5) is 5.69 Å². The predicted octanol–water partition coefficient (Wildman–Crippen LogP) is 3.61. The second-order valence-electron chi connectivity index (χ2n) is 6.73. The molecule has 1 saturated heterocycles. The first-order chi connectivity index (χ1) is 12.4. The minimum absolute atomic E-state index is 0.606. The Morgan fingerprint density at radius 3 is 2.72 bits per heavy atom. The minimum Gasteiger partial charge on any atom is -0.449 e. The number of hydrogen-bond acceptors (Lipinski definition) is 5. The van der Waals surface area contributed by atoms with E-state index >= 15 is 0 Å². The zero-order valence-electron chi connectivity index (χ0n) is 14.4. The lowest BCUT2D eigenvalue weighted by Gasteiger charge is -2.32. The van der Waals surface area contributed by atoms with Crippen molar-refractivity contribution in [1.29, 1.82) is 0 Å². The van der Waals surface area contributed by atoms with Crippen molar-refractivity contribution in [2.24, 2.45) is 10.9 Å². The average Bonchev–Trinajstić information content (AvgIpc) is 2.68. The van der Waals surface area contributed by atoms with Crippen molar-refractivity contribution in [3.05, 3.63) is 48.7 Å². The third-order valence-electron chi connectivity index (χ3n) is 4.96. The quantitative estimate of drug-likeness (QED) is 0.910. The first-order valence-electron chi connectivity index (χ1n) is 9.05. The summed E-state index contributed by atoms with van der Waals surface area (Å²) >= 11 is 0. The molecule has 4 heterocycles. The van der Waals surface area contributed by atoms with Gasteiger partial charge < -0.3 is 10.1 Å². The number of nitrogens with zero attached hydrogens (tertiary/aromatic N) is 3. The lowest BCUT2D eigenvalue weighted by Crippen LogP contribution is -2.38. The van der Waals surface area contributed by atoms with Crippen LogP contribution < -0.4 is 5.32 Å². The van der Waals surface area contributed by atoms with Crippen molar-refractivity contribution in [2.45, 2.75) is 19.3 Å². The van der Waals surface area contributed by atoms with E-state index < -0.39 is 0 Å². The lowest BCUT2D eigenvalue weighted by atomic mass is 9.94. The fraction of sp³-hybridized carbons (Fsp3) is 0.400. The van der Waals surface area contributed by atoms with Gasteiger partial charge in [-0.2, -0.15) is 0 Å². The van der Waals surface area contributed by atoms with Crippen LogP contribution in [0.2, 0.25) is 0 Å². The maximum atomic E-state index is 5.94. The number of hydrogen-bond donors (Lipinski definition) is 1. The Morgan fingerprint density at radius 2 is 1.88 bits per heavy atom. The largest absolute Gasteiger partial charge is 0.449 e. The van der Waals surface area contributed by atoms with Gasteiger partial charge in [-0.1, -0.05) is 30.3 Å². The summed E-state index contributed by atoms with van der Waals surface area (Å²) in [5.74, 6) is 0.810. The third kappa shape index (κ3) is 4.17. The van der Waals surface area contributed by atoms with E-state index in [2.05, 4.69) is 32.3 Å². The molecular weight excluding hydrogens is 312 g/mol. The molecular formula is C20H24N4O. The number of pyridine rings is 1. The van der Waals surface area contributed by atoms with Gasteiger partial charge >= 0.3 is 0 Å². The Balaban J connectivity index is 1.49. The Labute approximate surface area is 148 Å². The Kier molecular flexibility index (Phi) is 4.93.